The topological polar surface area (TPSA) is 55.8 Å². The molecule has 0 radical (unpaired) electrons. The van der Waals surface area contributed by atoms with Crippen LogP contribution in [-0.2, 0) is 13.6 Å². The molecule has 106 valence electrons. The zero-order chi connectivity index (χ0) is 14.3. The highest BCUT2D eigenvalue weighted by molar-refractivity contribution is 7.55. The molecular formula is C12H15Cl2O4P. The molecule has 0 heterocycles. The Morgan fingerprint density at radius 2 is 1.79 bits per heavy atom. The summed E-state index contributed by atoms with van der Waals surface area (Å²) in [7, 11) is -1.39. The Morgan fingerprint density at radius 1 is 1.26 bits per heavy atom. The monoisotopic (exact) mass is 324 g/mol. The SMILES string of the molecule is COP(=O)(OC)C1(O)CC(c2ccccc2)C1(Cl)Cl. The number of benzene rings is 1. The summed E-state index contributed by atoms with van der Waals surface area (Å²) in [6.07, 6.45) is 0.114. The van der Waals surface area contributed by atoms with Gasteiger partial charge in [-0.05, 0) is 5.56 Å². The Bertz CT molecular complexity index is 500. The minimum atomic E-state index is -3.78. The summed E-state index contributed by atoms with van der Waals surface area (Å²) in [5, 5.41) is 8.60. The van der Waals surface area contributed by atoms with E-state index in [4.69, 9.17) is 32.2 Å². The normalized spacial score (nSPS) is 29.8. The Labute approximate surface area is 122 Å². The second-order valence-corrected chi connectivity index (χ2v) is 8.32. The lowest BCUT2D eigenvalue weighted by atomic mass is 9.75. The van der Waals surface area contributed by atoms with E-state index < -0.39 is 17.3 Å². The van der Waals surface area contributed by atoms with Crippen LogP contribution in [0.1, 0.15) is 17.9 Å². The first-order valence-electron chi connectivity index (χ1n) is 5.69. The fraction of sp³-hybridized carbons (Fsp3) is 0.500. The van der Waals surface area contributed by atoms with Gasteiger partial charge in [0, 0.05) is 26.6 Å². The Kier molecular flexibility index (Phi) is 4.05. The first kappa shape index (κ1) is 15.3. The molecule has 19 heavy (non-hydrogen) atoms. The Hall–Kier alpha value is -0.0900. The van der Waals surface area contributed by atoms with Crippen molar-refractivity contribution >= 4 is 30.8 Å². The summed E-state index contributed by atoms with van der Waals surface area (Å²) in [6.45, 7) is 0. The molecule has 0 amide bonds. The van der Waals surface area contributed by atoms with Gasteiger partial charge < -0.3 is 14.2 Å². The van der Waals surface area contributed by atoms with E-state index in [0.717, 1.165) is 5.56 Å². The second kappa shape index (κ2) is 5.03. The Balaban J connectivity index is 2.34. The standard InChI is InChI=1S/C12H15Cl2O4P/c1-17-19(16,18-2)11(15)8-10(12(11,13)14)9-6-4-3-5-7-9/h3-7,10,15H,8H2,1-2H3. The molecule has 1 aromatic carbocycles. The number of aliphatic hydroxyl groups is 1. The van der Waals surface area contributed by atoms with E-state index in [0.29, 0.717) is 0 Å². The van der Waals surface area contributed by atoms with Gasteiger partial charge in [0.15, 0.2) is 4.33 Å². The van der Waals surface area contributed by atoms with Crippen LogP contribution in [0.25, 0.3) is 0 Å². The molecule has 2 rings (SSSR count). The average molecular weight is 325 g/mol. The van der Waals surface area contributed by atoms with Gasteiger partial charge in [0.25, 0.3) is 0 Å². The lowest BCUT2D eigenvalue weighted by Crippen LogP contribution is -2.61. The maximum absolute atomic E-state index is 12.4. The van der Waals surface area contributed by atoms with Gasteiger partial charge in [0.1, 0.15) is 0 Å². The Morgan fingerprint density at radius 3 is 2.21 bits per heavy atom. The van der Waals surface area contributed by atoms with Crippen LogP contribution in [0.4, 0.5) is 0 Å². The van der Waals surface area contributed by atoms with Gasteiger partial charge >= 0.3 is 7.60 Å². The molecule has 1 fully saturated rings. The van der Waals surface area contributed by atoms with Crippen molar-refractivity contribution in [3.05, 3.63) is 35.9 Å². The summed E-state index contributed by atoms with van der Waals surface area (Å²) in [6, 6.07) is 9.28. The third-order valence-electron chi connectivity index (χ3n) is 3.60. The summed E-state index contributed by atoms with van der Waals surface area (Å²) in [4.78, 5) is 0. The molecular weight excluding hydrogens is 310 g/mol. The minimum absolute atomic E-state index is 0.114. The van der Waals surface area contributed by atoms with Crippen molar-refractivity contribution in [2.24, 2.45) is 0 Å². The molecule has 0 aliphatic heterocycles. The third kappa shape index (κ3) is 2.06. The van der Waals surface area contributed by atoms with Gasteiger partial charge in [0.05, 0.1) is 0 Å². The molecule has 0 spiro atoms. The van der Waals surface area contributed by atoms with E-state index in [-0.39, 0.29) is 12.3 Å². The molecule has 2 atom stereocenters. The molecule has 0 bridgehead atoms. The van der Waals surface area contributed by atoms with E-state index in [1.54, 1.807) is 0 Å². The van der Waals surface area contributed by atoms with E-state index in [1.807, 2.05) is 30.3 Å². The van der Waals surface area contributed by atoms with Gasteiger partial charge in [-0.2, -0.15) is 0 Å². The maximum atomic E-state index is 12.4. The number of rotatable bonds is 4. The van der Waals surface area contributed by atoms with Crippen LogP contribution in [0.15, 0.2) is 30.3 Å². The third-order valence-corrected chi connectivity index (χ3v) is 7.41. The van der Waals surface area contributed by atoms with E-state index in [2.05, 4.69) is 0 Å². The van der Waals surface area contributed by atoms with E-state index >= 15 is 0 Å². The van der Waals surface area contributed by atoms with Crippen molar-refractivity contribution in [2.45, 2.75) is 22.0 Å². The van der Waals surface area contributed by atoms with Crippen LogP contribution in [0.5, 0.6) is 0 Å². The lowest BCUT2D eigenvalue weighted by Gasteiger charge is -2.55. The zero-order valence-electron chi connectivity index (χ0n) is 10.5. The molecule has 0 saturated heterocycles. The van der Waals surface area contributed by atoms with Crippen molar-refractivity contribution in [1.29, 1.82) is 0 Å². The van der Waals surface area contributed by atoms with Crippen molar-refractivity contribution in [3.63, 3.8) is 0 Å². The number of hydrogen-bond donors (Lipinski definition) is 1. The molecule has 0 aromatic heterocycles. The lowest BCUT2D eigenvalue weighted by molar-refractivity contribution is -0.0129. The molecule has 4 nitrogen and oxygen atoms in total. The fourth-order valence-electron chi connectivity index (χ4n) is 2.38. The number of halogens is 2. The molecule has 1 aliphatic rings. The largest absolute Gasteiger partial charge is 0.375 e. The highest BCUT2D eigenvalue weighted by Crippen LogP contribution is 2.76. The van der Waals surface area contributed by atoms with Crippen molar-refractivity contribution in [2.75, 3.05) is 14.2 Å². The summed E-state index contributed by atoms with van der Waals surface area (Å²) >= 11 is 12.5. The number of hydrogen-bond acceptors (Lipinski definition) is 4. The molecule has 1 aliphatic carbocycles. The summed E-state index contributed by atoms with van der Waals surface area (Å²) in [5.41, 5.74) is 0.871. The maximum Gasteiger partial charge on any atom is 0.364 e. The highest BCUT2D eigenvalue weighted by atomic mass is 35.5. The quantitative estimate of drug-likeness (QED) is 0.680. The first-order chi connectivity index (χ1) is 8.82. The van der Waals surface area contributed by atoms with Crippen molar-refractivity contribution in [3.8, 4) is 0 Å². The van der Waals surface area contributed by atoms with Gasteiger partial charge in [-0.25, -0.2) is 0 Å². The summed E-state index contributed by atoms with van der Waals surface area (Å²) in [5.74, 6) is -0.333. The van der Waals surface area contributed by atoms with Crippen LogP contribution < -0.4 is 0 Å². The van der Waals surface area contributed by atoms with Crippen molar-refractivity contribution < 1.29 is 18.7 Å². The molecule has 1 saturated carbocycles. The van der Waals surface area contributed by atoms with Crippen LogP contribution in [0.2, 0.25) is 0 Å². The fourth-order valence-corrected chi connectivity index (χ4v) is 5.24. The van der Waals surface area contributed by atoms with Gasteiger partial charge in [-0.3, -0.25) is 4.57 Å². The van der Waals surface area contributed by atoms with E-state index in [9.17, 15) is 9.67 Å². The van der Waals surface area contributed by atoms with Crippen LogP contribution >= 0.6 is 30.8 Å². The second-order valence-electron chi connectivity index (χ2n) is 4.47. The zero-order valence-corrected chi connectivity index (χ0v) is 13.0. The van der Waals surface area contributed by atoms with E-state index in [1.165, 1.54) is 14.2 Å². The summed E-state index contributed by atoms with van der Waals surface area (Å²) < 4.78 is 20.4. The molecule has 2 unspecified atom stereocenters. The van der Waals surface area contributed by atoms with Crippen molar-refractivity contribution in [1.82, 2.24) is 0 Å². The van der Waals surface area contributed by atoms with Gasteiger partial charge in [-0.15, -0.1) is 0 Å². The molecule has 1 N–H and O–H groups in total. The van der Waals surface area contributed by atoms with Crippen LogP contribution in [-0.4, -0.2) is 29.0 Å². The first-order valence-corrected chi connectivity index (χ1v) is 7.99. The highest BCUT2D eigenvalue weighted by Gasteiger charge is 2.73. The van der Waals surface area contributed by atoms with Crippen LogP contribution in [0, 0.1) is 0 Å². The molecule has 7 heteroatoms. The van der Waals surface area contributed by atoms with Gasteiger partial charge in [0.2, 0.25) is 5.34 Å². The van der Waals surface area contributed by atoms with Gasteiger partial charge in [-0.1, -0.05) is 53.5 Å². The smallest absolute Gasteiger partial charge is 0.364 e. The minimum Gasteiger partial charge on any atom is -0.375 e. The average Bonchev–Trinajstić information content (AvgIpc) is 2.44. The van der Waals surface area contributed by atoms with Crippen LogP contribution in [0.3, 0.4) is 0 Å². The predicted octanol–water partition coefficient (Wildman–Crippen LogP) is 3.52. The predicted molar refractivity (Wildman–Crippen MR) is 74.8 cm³/mol. The molecule has 1 aromatic rings. The number of alkyl halides is 2.